The zero-order chi connectivity index (χ0) is 15.6. The molecule has 1 aromatic rings. The normalized spacial score (nSPS) is 18.6. The molecule has 21 heavy (non-hydrogen) atoms. The number of carbonyl (C=O) groups is 1. The zero-order valence-electron chi connectivity index (χ0n) is 13.1. The summed E-state index contributed by atoms with van der Waals surface area (Å²) in [7, 11) is 0. The summed E-state index contributed by atoms with van der Waals surface area (Å²) in [6.45, 7) is 8.40. The van der Waals surface area contributed by atoms with E-state index in [9.17, 15) is 4.79 Å². The number of hydrogen-bond donors (Lipinski definition) is 1. The molecule has 1 aliphatic heterocycles. The van der Waals surface area contributed by atoms with E-state index in [1.807, 2.05) is 13.8 Å². The Morgan fingerprint density at radius 2 is 2.05 bits per heavy atom. The van der Waals surface area contributed by atoms with Gasteiger partial charge in [-0.05, 0) is 39.2 Å². The Bertz CT molecular complexity index is 547. The Hall–Kier alpha value is -1.82. The zero-order valence-corrected chi connectivity index (χ0v) is 13.1. The predicted molar refractivity (Wildman–Crippen MR) is 83.0 cm³/mol. The summed E-state index contributed by atoms with van der Waals surface area (Å²) in [6.07, 6.45) is 1.56. The molecule has 0 spiro atoms. The van der Waals surface area contributed by atoms with E-state index in [1.165, 1.54) is 5.01 Å². The Morgan fingerprint density at radius 3 is 2.62 bits per heavy atom. The molecule has 6 heteroatoms. The molecule has 1 unspecified atom stereocenters. The summed E-state index contributed by atoms with van der Waals surface area (Å²) >= 11 is 0. The van der Waals surface area contributed by atoms with Crippen LogP contribution in [0.1, 0.15) is 38.2 Å². The van der Waals surface area contributed by atoms with Crippen molar-refractivity contribution in [3.8, 4) is 0 Å². The van der Waals surface area contributed by atoms with Crippen LogP contribution in [0.25, 0.3) is 0 Å². The first-order chi connectivity index (χ1) is 9.93. The van der Waals surface area contributed by atoms with Gasteiger partial charge in [0.1, 0.15) is 5.82 Å². The summed E-state index contributed by atoms with van der Waals surface area (Å²) in [5.74, 6) is 1.24. The van der Waals surface area contributed by atoms with Crippen molar-refractivity contribution >= 4 is 17.4 Å². The molecule has 114 valence electrons. The number of carbonyl (C=O) groups excluding carboxylic acids is 1. The van der Waals surface area contributed by atoms with E-state index in [4.69, 9.17) is 5.73 Å². The van der Waals surface area contributed by atoms with Crippen molar-refractivity contribution < 1.29 is 4.79 Å². The monoisotopic (exact) mass is 289 g/mol. The number of anilines is 1. The fourth-order valence-corrected chi connectivity index (χ4v) is 2.59. The Morgan fingerprint density at radius 1 is 1.33 bits per heavy atom. The molecule has 0 saturated carbocycles. The molecule has 1 aromatic heterocycles. The molecule has 0 bridgehead atoms. The Kier molecular flexibility index (Phi) is 4.67. The molecule has 1 amide bonds. The molecule has 0 saturated heterocycles. The largest absolute Gasteiger partial charge is 0.330 e. The lowest BCUT2D eigenvalue weighted by Crippen LogP contribution is -2.29. The van der Waals surface area contributed by atoms with Gasteiger partial charge in [0.15, 0.2) is 5.82 Å². The third-order valence-corrected chi connectivity index (χ3v) is 3.54. The number of rotatable bonds is 5. The first kappa shape index (κ1) is 15.6. The average Bonchev–Trinajstić information content (AvgIpc) is 2.72. The lowest BCUT2D eigenvalue weighted by molar-refractivity contribution is -0.120. The SMILES string of the molecule is Cc1cc(N2N=C(C(C)C)C(CCCN)C2=O)nc(C)n1. The average molecular weight is 289 g/mol. The summed E-state index contributed by atoms with van der Waals surface area (Å²) in [5, 5.41) is 5.95. The number of hydrogen-bond acceptors (Lipinski definition) is 5. The van der Waals surface area contributed by atoms with Crippen molar-refractivity contribution in [3.63, 3.8) is 0 Å². The van der Waals surface area contributed by atoms with Gasteiger partial charge in [-0.15, -0.1) is 0 Å². The molecule has 1 atom stereocenters. The maximum absolute atomic E-state index is 12.7. The van der Waals surface area contributed by atoms with E-state index in [0.29, 0.717) is 18.2 Å². The minimum atomic E-state index is -0.177. The second kappa shape index (κ2) is 6.30. The molecule has 0 radical (unpaired) electrons. The third-order valence-electron chi connectivity index (χ3n) is 3.54. The van der Waals surface area contributed by atoms with Crippen molar-refractivity contribution in [2.75, 3.05) is 11.6 Å². The van der Waals surface area contributed by atoms with Crippen molar-refractivity contribution in [1.29, 1.82) is 0 Å². The van der Waals surface area contributed by atoms with Crippen LogP contribution in [0.3, 0.4) is 0 Å². The van der Waals surface area contributed by atoms with Crippen molar-refractivity contribution in [1.82, 2.24) is 9.97 Å². The van der Waals surface area contributed by atoms with Crippen LogP contribution >= 0.6 is 0 Å². The van der Waals surface area contributed by atoms with Gasteiger partial charge in [0.05, 0.1) is 11.6 Å². The van der Waals surface area contributed by atoms with Crippen LogP contribution in [0.5, 0.6) is 0 Å². The quantitative estimate of drug-likeness (QED) is 0.895. The van der Waals surface area contributed by atoms with Crippen LogP contribution in [-0.2, 0) is 4.79 Å². The Balaban J connectivity index is 2.34. The molecule has 2 rings (SSSR count). The minimum Gasteiger partial charge on any atom is -0.330 e. The highest BCUT2D eigenvalue weighted by Gasteiger charge is 2.37. The van der Waals surface area contributed by atoms with Gasteiger partial charge in [-0.25, -0.2) is 9.97 Å². The number of nitrogens with zero attached hydrogens (tertiary/aromatic N) is 4. The smallest absolute Gasteiger partial charge is 0.257 e. The summed E-state index contributed by atoms with van der Waals surface area (Å²) < 4.78 is 0. The van der Waals surface area contributed by atoms with E-state index >= 15 is 0 Å². The van der Waals surface area contributed by atoms with Gasteiger partial charge in [0, 0.05) is 11.8 Å². The van der Waals surface area contributed by atoms with E-state index in [0.717, 1.165) is 24.2 Å². The molecular weight excluding hydrogens is 266 g/mol. The Labute approximate surface area is 125 Å². The number of nitrogens with two attached hydrogens (primary N) is 1. The van der Waals surface area contributed by atoms with Gasteiger partial charge in [-0.2, -0.15) is 10.1 Å². The second-order valence-electron chi connectivity index (χ2n) is 5.73. The van der Waals surface area contributed by atoms with Crippen molar-refractivity contribution in [2.24, 2.45) is 22.7 Å². The van der Waals surface area contributed by atoms with Crippen molar-refractivity contribution in [3.05, 3.63) is 17.6 Å². The maximum atomic E-state index is 12.7. The number of amides is 1. The fourth-order valence-electron chi connectivity index (χ4n) is 2.59. The van der Waals surface area contributed by atoms with Gasteiger partial charge in [-0.1, -0.05) is 13.8 Å². The van der Waals surface area contributed by atoms with Crippen LogP contribution in [0, 0.1) is 25.7 Å². The molecular formula is C15H23N5O. The molecule has 6 nitrogen and oxygen atoms in total. The van der Waals surface area contributed by atoms with Crippen LogP contribution in [0.2, 0.25) is 0 Å². The summed E-state index contributed by atoms with van der Waals surface area (Å²) in [6, 6.07) is 1.79. The molecule has 0 aromatic carbocycles. The van der Waals surface area contributed by atoms with Crippen molar-refractivity contribution in [2.45, 2.75) is 40.5 Å². The van der Waals surface area contributed by atoms with Crippen LogP contribution in [0.15, 0.2) is 11.2 Å². The summed E-state index contributed by atoms with van der Waals surface area (Å²) in [5.41, 5.74) is 7.32. The lowest BCUT2D eigenvalue weighted by atomic mass is 9.90. The third kappa shape index (κ3) is 3.26. The predicted octanol–water partition coefficient (Wildman–Crippen LogP) is 1.81. The first-order valence-electron chi connectivity index (χ1n) is 7.38. The van der Waals surface area contributed by atoms with Gasteiger partial charge >= 0.3 is 0 Å². The fraction of sp³-hybridized carbons (Fsp3) is 0.600. The van der Waals surface area contributed by atoms with Gasteiger partial charge in [0.25, 0.3) is 5.91 Å². The number of aromatic nitrogens is 2. The van der Waals surface area contributed by atoms with Crippen LogP contribution in [-0.4, -0.2) is 28.1 Å². The first-order valence-corrected chi connectivity index (χ1v) is 7.38. The van der Waals surface area contributed by atoms with Gasteiger partial charge in [0.2, 0.25) is 0 Å². The maximum Gasteiger partial charge on any atom is 0.257 e. The second-order valence-corrected chi connectivity index (χ2v) is 5.73. The van der Waals surface area contributed by atoms with E-state index in [2.05, 4.69) is 28.9 Å². The highest BCUT2D eigenvalue weighted by atomic mass is 16.2. The van der Waals surface area contributed by atoms with E-state index < -0.39 is 0 Å². The number of hydrazone groups is 1. The van der Waals surface area contributed by atoms with Gasteiger partial charge in [-0.3, -0.25) is 4.79 Å². The molecule has 1 aliphatic rings. The standard InChI is InChI=1S/C15H23N5O/c1-9(2)14-12(6-5-7-16)15(21)20(19-14)13-8-10(3)17-11(4)18-13/h8-9,12H,5-7,16H2,1-4H3. The molecule has 0 fully saturated rings. The summed E-state index contributed by atoms with van der Waals surface area (Å²) in [4.78, 5) is 21.2. The van der Waals surface area contributed by atoms with Gasteiger partial charge < -0.3 is 5.73 Å². The minimum absolute atomic E-state index is 0.00958. The van der Waals surface area contributed by atoms with Crippen LogP contribution < -0.4 is 10.7 Å². The van der Waals surface area contributed by atoms with Crippen LogP contribution in [0.4, 0.5) is 5.82 Å². The topological polar surface area (TPSA) is 84.5 Å². The molecule has 2 N–H and O–H groups in total. The highest BCUT2D eigenvalue weighted by Crippen LogP contribution is 2.28. The van der Waals surface area contributed by atoms with E-state index in [-0.39, 0.29) is 17.7 Å². The lowest BCUT2D eigenvalue weighted by Gasteiger charge is -2.14. The molecule has 0 aliphatic carbocycles. The van der Waals surface area contributed by atoms with E-state index in [1.54, 1.807) is 6.07 Å². The number of aryl methyl sites for hydroxylation is 2. The highest BCUT2D eigenvalue weighted by molar-refractivity contribution is 6.15. The molecule has 2 heterocycles.